The van der Waals surface area contributed by atoms with E-state index in [9.17, 15) is 8.42 Å². The second-order valence-corrected chi connectivity index (χ2v) is 4.27. The summed E-state index contributed by atoms with van der Waals surface area (Å²) in [4.78, 5) is 3.83. The molecule has 1 rings (SSSR count). The molecule has 0 saturated carbocycles. The van der Waals surface area contributed by atoms with Gasteiger partial charge in [0.1, 0.15) is 5.25 Å². The molecule has 0 aromatic carbocycles. The summed E-state index contributed by atoms with van der Waals surface area (Å²) in [5, 5.41) is -1.13. The van der Waals surface area contributed by atoms with Crippen molar-refractivity contribution in [1.82, 2.24) is 4.98 Å². The highest BCUT2D eigenvalue weighted by Crippen LogP contribution is 2.22. The molecule has 1 atom stereocenters. The minimum atomic E-state index is -4.19. The van der Waals surface area contributed by atoms with Gasteiger partial charge in [0.05, 0.1) is 5.69 Å². The maximum Gasteiger partial charge on any atom is 0.274 e. The van der Waals surface area contributed by atoms with E-state index in [1.807, 2.05) is 0 Å². The fourth-order valence-electron chi connectivity index (χ4n) is 1.04. The molecule has 0 aliphatic rings. The fraction of sp³-hybridized carbons (Fsp3) is 0.222. The third kappa shape index (κ3) is 2.55. The normalized spacial score (nSPS) is 13.1. The van der Waals surface area contributed by atoms with Crippen LogP contribution in [0.2, 0.25) is 0 Å². The third-order valence-electron chi connectivity index (χ3n) is 1.68. The number of nitrogens with zero attached hydrogens (tertiary/aromatic N) is 1. The van der Waals surface area contributed by atoms with Crippen LogP contribution in [0.15, 0.2) is 24.4 Å². The van der Waals surface area contributed by atoms with Crippen LogP contribution >= 0.6 is 0 Å². The van der Waals surface area contributed by atoms with Crippen LogP contribution in [0.3, 0.4) is 0 Å². The quantitative estimate of drug-likeness (QED) is 0.599. The first-order chi connectivity index (χ1) is 6.55. The maximum absolute atomic E-state index is 10.9. The van der Waals surface area contributed by atoms with Crippen molar-refractivity contribution in [3.8, 4) is 12.3 Å². The topological polar surface area (TPSA) is 67.3 Å². The molecule has 0 radical (unpaired) electrons. The van der Waals surface area contributed by atoms with E-state index in [1.54, 1.807) is 12.1 Å². The summed E-state index contributed by atoms with van der Waals surface area (Å²) in [6.07, 6.45) is 6.37. The molecule has 0 fully saturated rings. The monoisotopic (exact) mass is 211 g/mol. The van der Waals surface area contributed by atoms with Crippen LogP contribution in [-0.4, -0.2) is 18.0 Å². The van der Waals surface area contributed by atoms with Crippen LogP contribution in [0.4, 0.5) is 0 Å². The van der Waals surface area contributed by atoms with Gasteiger partial charge in [-0.05, 0) is 12.1 Å². The molecule has 1 N–H and O–H groups in total. The highest BCUT2D eigenvalue weighted by Gasteiger charge is 2.24. The molecule has 4 nitrogen and oxygen atoms in total. The zero-order chi connectivity index (χ0) is 10.6. The highest BCUT2D eigenvalue weighted by molar-refractivity contribution is 7.86. The van der Waals surface area contributed by atoms with Gasteiger partial charge >= 0.3 is 0 Å². The molecule has 1 aromatic rings. The molecule has 0 bridgehead atoms. The van der Waals surface area contributed by atoms with Crippen LogP contribution < -0.4 is 0 Å². The predicted molar refractivity (Wildman–Crippen MR) is 52.0 cm³/mol. The van der Waals surface area contributed by atoms with Crippen LogP contribution in [0, 0.1) is 12.3 Å². The van der Waals surface area contributed by atoms with E-state index in [0.717, 1.165) is 0 Å². The summed E-state index contributed by atoms with van der Waals surface area (Å²) < 4.78 is 30.8. The molecule has 0 aliphatic carbocycles. The van der Waals surface area contributed by atoms with Gasteiger partial charge in [0, 0.05) is 12.6 Å². The smallest absolute Gasteiger partial charge is 0.274 e. The average molecular weight is 211 g/mol. The van der Waals surface area contributed by atoms with Crippen molar-refractivity contribution in [2.24, 2.45) is 0 Å². The van der Waals surface area contributed by atoms with E-state index in [4.69, 9.17) is 11.0 Å². The fourth-order valence-corrected chi connectivity index (χ4v) is 1.79. The lowest BCUT2D eigenvalue weighted by Crippen LogP contribution is -2.12. The SMILES string of the molecule is C#CCC(c1ccccn1)S(=O)(=O)O. The number of hydrogen-bond acceptors (Lipinski definition) is 3. The molecule has 0 amide bonds. The summed E-state index contributed by atoms with van der Waals surface area (Å²) in [6, 6.07) is 4.80. The zero-order valence-corrected chi connectivity index (χ0v) is 8.11. The summed E-state index contributed by atoms with van der Waals surface area (Å²) >= 11 is 0. The Morgan fingerprint density at radius 2 is 2.29 bits per heavy atom. The first-order valence-electron chi connectivity index (χ1n) is 3.86. The van der Waals surface area contributed by atoms with Crippen LogP contribution in [0.25, 0.3) is 0 Å². The van der Waals surface area contributed by atoms with E-state index in [2.05, 4.69) is 10.9 Å². The van der Waals surface area contributed by atoms with Gasteiger partial charge in [-0.15, -0.1) is 12.3 Å². The number of pyridine rings is 1. The van der Waals surface area contributed by atoms with Gasteiger partial charge in [0.2, 0.25) is 0 Å². The van der Waals surface area contributed by atoms with Crippen molar-refractivity contribution < 1.29 is 13.0 Å². The molecule has 1 heterocycles. The lowest BCUT2D eigenvalue weighted by molar-refractivity contribution is 0.468. The maximum atomic E-state index is 10.9. The number of hydrogen-bond donors (Lipinski definition) is 1. The van der Waals surface area contributed by atoms with E-state index in [-0.39, 0.29) is 12.1 Å². The van der Waals surface area contributed by atoms with Gasteiger partial charge in [-0.1, -0.05) is 6.07 Å². The standard InChI is InChI=1S/C9H9NO3S/c1-2-5-9(14(11,12)13)8-6-3-4-7-10-8/h1,3-4,6-7,9H,5H2,(H,11,12,13). The Morgan fingerprint density at radius 1 is 1.57 bits per heavy atom. The Morgan fingerprint density at radius 3 is 2.71 bits per heavy atom. The van der Waals surface area contributed by atoms with Crippen molar-refractivity contribution in [1.29, 1.82) is 0 Å². The number of terminal acetylenes is 1. The van der Waals surface area contributed by atoms with Gasteiger partial charge in [-0.3, -0.25) is 9.54 Å². The molecule has 1 unspecified atom stereocenters. The van der Waals surface area contributed by atoms with E-state index in [1.165, 1.54) is 12.3 Å². The van der Waals surface area contributed by atoms with E-state index < -0.39 is 15.4 Å². The molecular formula is C9H9NO3S. The molecule has 5 heteroatoms. The van der Waals surface area contributed by atoms with Crippen LogP contribution in [0.5, 0.6) is 0 Å². The molecular weight excluding hydrogens is 202 g/mol. The zero-order valence-electron chi connectivity index (χ0n) is 7.29. The second-order valence-electron chi connectivity index (χ2n) is 2.67. The first kappa shape index (κ1) is 10.7. The minimum Gasteiger partial charge on any atom is -0.285 e. The predicted octanol–water partition coefficient (Wildman–Crippen LogP) is 1.03. The largest absolute Gasteiger partial charge is 0.285 e. The molecule has 0 aliphatic heterocycles. The van der Waals surface area contributed by atoms with E-state index >= 15 is 0 Å². The van der Waals surface area contributed by atoms with Crippen molar-refractivity contribution in [2.75, 3.05) is 0 Å². The van der Waals surface area contributed by atoms with Gasteiger partial charge < -0.3 is 0 Å². The lowest BCUT2D eigenvalue weighted by Gasteiger charge is -2.09. The Bertz CT molecular complexity index is 433. The molecule has 14 heavy (non-hydrogen) atoms. The molecule has 74 valence electrons. The van der Waals surface area contributed by atoms with Crippen molar-refractivity contribution in [3.63, 3.8) is 0 Å². The Kier molecular flexibility index (Phi) is 3.23. The Balaban J connectivity index is 3.09. The van der Waals surface area contributed by atoms with Gasteiger partial charge in [0.15, 0.2) is 0 Å². The highest BCUT2D eigenvalue weighted by atomic mass is 32.2. The van der Waals surface area contributed by atoms with Crippen molar-refractivity contribution in [2.45, 2.75) is 11.7 Å². The summed E-state index contributed by atoms with van der Waals surface area (Å²) in [5.41, 5.74) is 0.257. The van der Waals surface area contributed by atoms with Crippen molar-refractivity contribution in [3.05, 3.63) is 30.1 Å². The lowest BCUT2D eigenvalue weighted by atomic mass is 10.2. The first-order valence-corrected chi connectivity index (χ1v) is 5.36. The summed E-state index contributed by atoms with van der Waals surface area (Å²) in [5.74, 6) is 2.19. The Hall–Kier alpha value is -1.38. The number of aromatic nitrogens is 1. The average Bonchev–Trinajstić information content (AvgIpc) is 2.14. The van der Waals surface area contributed by atoms with E-state index in [0.29, 0.717) is 0 Å². The number of rotatable bonds is 3. The van der Waals surface area contributed by atoms with Crippen LogP contribution in [-0.2, 0) is 10.1 Å². The van der Waals surface area contributed by atoms with Gasteiger partial charge in [-0.2, -0.15) is 8.42 Å². The van der Waals surface area contributed by atoms with Crippen molar-refractivity contribution >= 4 is 10.1 Å². The molecule has 1 aromatic heterocycles. The Labute approximate surface area is 82.7 Å². The minimum absolute atomic E-state index is 0.0875. The molecule has 0 spiro atoms. The molecule has 0 saturated heterocycles. The van der Waals surface area contributed by atoms with Crippen LogP contribution in [0.1, 0.15) is 17.4 Å². The van der Waals surface area contributed by atoms with Gasteiger partial charge in [0.25, 0.3) is 10.1 Å². The summed E-state index contributed by atoms with van der Waals surface area (Å²) in [6.45, 7) is 0. The van der Waals surface area contributed by atoms with Gasteiger partial charge in [-0.25, -0.2) is 0 Å². The second kappa shape index (κ2) is 4.22. The third-order valence-corrected chi connectivity index (χ3v) is 2.81. The summed E-state index contributed by atoms with van der Waals surface area (Å²) in [7, 11) is -4.19.